The van der Waals surface area contributed by atoms with Crippen molar-refractivity contribution in [2.75, 3.05) is 31.1 Å². The number of anilines is 1. The average molecular weight is 432 g/mol. The Morgan fingerprint density at radius 1 is 1.03 bits per heavy atom. The van der Waals surface area contributed by atoms with Crippen LogP contribution in [0.15, 0.2) is 12.4 Å². The number of imide groups is 1. The Hall–Kier alpha value is -2.71. The monoisotopic (exact) mass is 431 g/mol. The highest BCUT2D eigenvalue weighted by Gasteiger charge is 2.28. The fourth-order valence-electron chi connectivity index (χ4n) is 3.87. The maximum Gasteiger partial charge on any atom is 0.410 e. The Labute approximate surface area is 183 Å². The van der Waals surface area contributed by atoms with Gasteiger partial charge in [-0.2, -0.15) is 0 Å². The van der Waals surface area contributed by atoms with E-state index in [0.717, 1.165) is 37.7 Å². The molecule has 0 aromatic carbocycles. The number of ether oxygens (including phenoxy) is 1. The Kier molecular flexibility index (Phi) is 7.46. The third-order valence-corrected chi connectivity index (χ3v) is 5.50. The minimum Gasteiger partial charge on any atom is -0.444 e. The lowest BCUT2D eigenvalue weighted by Gasteiger charge is -2.33. The Morgan fingerprint density at radius 3 is 2.35 bits per heavy atom. The van der Waals surface area contributed by atoms with Crippen LogP contribution in [0.25, 0.3) is 0 Å². The summed E-state index contributed by atoms with van der Waals surface area (Å²) in [6, 6.07) is 0. The topological polar surface area (TPSA) is 105 Å². The number of carbonyl (C=O) groups is 3. The molecule has 3 heterocycles. The summed E-state index contributed by atoms with van der Waals surface area (Å²) in [6.45, 7) is 7.63. The van der Waals surface area contributed by atoms with Gasteiger partial charge in [0.1, 0.15) is 12.1 Å². The first kappa shape index (κ1) is 23.0. The molecule has 0 bridgehead atoms. The van der Waals surface area contributed by atoms with E-state index < -0.39 is 5.60 Å². The minimum atomic E-state index is -0.494. The molecule has 9 nitrogen and oxygen atoms in total. The van der Waals surface area contributed by atoms with Crippen LogP contribution < -0.4 is 10.2 Å². The molecule has 0 saturated carbocycles. The van der Waals surface area contributed by atoms with Crippen molar-refractivity contribution in [2.45, 2.75) is 70.8 Å². The van der Waals surface area contributed by atoms with Crippen molar-refractivity contribution in [1.82, 2.24) is 20.2 Å². The van der Waals surface area contributed by atoms with E-state index in [0.29, 0.717) is 32.0 Å². The highest BCUT2D eigenvalue weighted by Crippen LogP contribution is 2.28. The lowest BCUT2D eigenvalue weighted by Crippen LogP contribution is -2.42. The first-order valence-electron chi connectivity index (χ1n) is 11.1. The molecule has 170 valence electrons. The van der Waals surface area contributed by atoms with Crippen LogP contribution in [0.3, 0.4) is 0 Å². The Bertz CT molecular complexity index is 782. The van der Waals surface area contributed by atoms with E-state index in [4.69, 9.17) is 4.74 Å². The van der Waals surface area contributed by atoms with Gasteiger partial charge in [0.15, 0.2) is 0 Å². The Balaban J connectivity index is 1.58. The molecule has 1 N–H and O–H groups in total. The van der Waals surface area contributed by atoms with Gasteiger partial charge in [-0.25, -0.2) is 14.8 Å². The van der Waals surface area contributed by atoms with Crippen molar-refractivity contribution in [3.05, 3.63) is 18.0 Å². The van der Waals surface area contributed by atoms with Gasteiger partial charge in [-0.15, -0.1) is 0 Å². The quantitative estimate of drug-likeness (QED) is 0.718. The van der Waals surface area contributed by atoms with Crippen LogP contribution in [-0.4, -0.2) is 64.6 Å². The van der Waals surface area contributed by atoms with Crippen molar-refractivity contribution in [2.24, 2.45) is 0 Å². The molecule has 9 heteroatoms. The van der Waals surface area contributed by atoms with Crippen molar-refractivity contribution in [3.8, 4) is 0 Å². The molecule has 1 aromatic heterocycles. The van der Waals surface area contributed by atoms with Gasteiger partial charge >= 0.3 is 6.09 Å². The van der Waals surface area contributed by atoms with E-state index >= 15 is 0 Å². The number of amides is 3. The standard InChI is InChI=1S/C22H33N5O4/c1-22(2,3)31-21(30)26-11-8-16(9-12-26)17-13-23-20(24-14-17)27-10-6-4-5-7-18(28)25-19(29)15-27/h13-14,16H,4-12,15H2,1-3H3,(H,25,28,29). The largest absolute Gasteiger partial charge is 0.444 e. The average Bonchev–Trinajstić information content (AvgIpc) is 2.71. The SMILES string of the molecule is CC(C)(C)OC(=O)N1CCC(c2cnc(N3CCCCCC(=O)NC(=O)C3)nc2)CC1. The summed E-state index contributed by atoms with van der Waals surface area (Å²) >= 11 is 0. The van der Waals surface area contributed by atoms with E-state index in [9.17, 15) is 14.4 Å². The third-order valence-electron chi connectivity index (χ3n) is 5.50. The highest BCUT2D eigenvalue weighted by atomic mass is 16.6. The number of rotatable bonds is 2. The predicted octanol–water partition coefficient (Wildman–Crippen LogP) is 2.61. The first-order chi connectivity index (χ1) is 14.7. The summed E-state index contributed by atoms with van der Waals surface area (Å²) in [4.78, 5) is 48.6. The molecular weight excluding hydrogens is 398 g/mol. The maximum atomic E-state index is 12.2. The highest BCUT2D eigenvalue weighted by molar-refractivity contribution is 5.97. The van der Waals surface area contributed by atoms with Crippen molar-refractivity contribution >= 4 is 23.9 Å². The molecule has 0 unspecified atom stereocenters. The summed E-state index contributed by atoms with van der Waals surface area (Å²) in [5.74, 6) is 0.237. The fourth-order valence-corrected chi connectivity index (χ4v) is 3.87. The second-order valence-corrected chi connectivity index (χ2v) is 9.26. The van der Waals surface area contributed by atoms with Crippen LogP contribution in [0.1, 0.15) is 70.8 Å². The van der Waals surface area contributed by atoms with Crippen molar-refractivity contribution < 1.29 is 19.1 Å². The van der Waals surface area contributed by atoms with Gasteiger partial charge in [0.25, 0.3) is 0 Å². The molecule has 31 heavy (non-hydrogen) atoms. The zero-order chi connectivity index (χ0) is 22.4. The van der Waals surface area contributed by atoms with Crippen LogP contribution in [0, 0.1) is 0 Å². The zero-order valence-electron chi connectivity index (χ0n) is 18.7. The van der Waals surface area contributed by atoms with Gasteiger partial charge in [-0.3, -0.25) is 14.9 Å². The number of carbonyl (C=O) groups excluding carboxylic acids is 3. The lowest BCUT2D eigenvalue weighted by atomic mass is 9.91. The Morgan fingerprint density at radius 2 is 1.71 bits per heavy atom. The second kappa shape index (κ2) is 10.1. The number of nitrogens with zero attached hydrogens (tertiary/aromatic N) is 4. The third kappa shape index (κ3) is 6.90. The second-order valence-electron chi connectivity index (χ2n) is 9.26. The van der Waals surface area contributed by atoms with Crippen LogP contribution in [0.5, 0.6) is 0 Å². The van der Waals surface area contributed by atoms with Gasteiger partial charge in [0, 0.05) is 38.4 Å². The van der Waals surface area contributed by atoms with E-state index in [2.05, 4.69) is 15.3 Å². The summed E-state index contributed by atoms with van der Waals surface area (Å²) in [6.07, 6.45) is 8.00. The molecular formula is C22H33N5O4. The molecule has 0 radical (unpaired) electrons. The molecule has 1 aromatic rings. The zero-order valence-corrected chi connectivity index (χ0v) is 18.7. The lowest BCUT2D eigenvalue weighted by molar-refractivity contribution is -0.129. The first-order valence-corrected chi connectivity index (χ1v) is 11.1. The molecule has 2 fully saturated rings. The predicted molar refractivity (Wildman–Crippen MR) is 116 cm³/mol. The molecule has 2 saturated heterocycles. The molecule has 0 aliphatic carbocycles. The molecule has 2 aliphatic heterocycles. The molecule has 3 rings (SSSR count). The molecule has 0 spiro atoms. The van der Waals surface area contributed by atoms with Crippen LogP contribution in [0.4, 0.5) is 10.7 Å². The number of likely N-dealkylation sites (tertiary alicyclic amines) is 1. The fraction of sp³-hybridized carbons (Fsp3) is 0.682. The molecule has 0 atom stereocenters. The van der Waals surface area contributed by atoms with Gasteiger partial charge in [0.2, 0.25) is 17.8 Å². The number of piperidine rings is 1. The number of hydrogen-bond acceptors (Lipinski definition) is 7. The normalized spacial score (nSPS) is 19.7. The van der Waals surface area contributed by atoms with Gasteiger partial charge in [-0.05, 0) is 57.9 Å². The van der Waals surface area contributed by atoms with Gasteiger partial charge in [0.05, 0.1) is 0 Å². The number of nitrogens with one attached hydrogen (secondary N) is 1. The van der Waals surface area contributed by atoms with Crippen molar-refractivity contribution in [1.29, 1.82) is 0 Å². The summed E-state index contributed by atoms with van der Waals surface area (Å²) in [7, 11) is 0. The number of hydrogen-bond donors (Lipinski definition) is 1. The van der Waals surface area contributed by atoms with E-state index in [-0.39, 0.29) is 30.4 Å². The maximum absolute atomic E-state index is 12.2. The summed E-state index contributed by atoms with van der Waals surface area (Å²) < 4.78 is 5.46. The summed E-state index contributed by atoms with van der Waals surface area (Å²) in [5, 5.41) is 2.42. The minimum absolute atomic E-state index is 0.0688. The van der Waals surface area contributed by atoms with Gasteiger partial charge < -0.3 is 14.5 Å². The smallest absolute Gasteiger partial charge is 0.410 e. The van der Waals surface area contributed by atoms with Crippen molar-refractivity contribution in [3.63, 3.8) is 0 Å². The van der Waals surface area contributed by atoms with Crippen LogP contribution >= 0.6 is 0 Å². The van der Waals surface area contributed by atoms with Crippen LogP contribution in [0.2, 0.25) is 0 Å². The van der Waals surface area contributed by atoms with E-state index in [1.54, 1.807) is 4.90 Å². The molecule has 2 aliphatic rings. The van der Waals surface area contributed by atoms with Crippen LogP contribution in [-0.2, 0) is 14.3 Å². The van der Waals surface area contributed by atoms with E-state index in [1.165, 1.54) is 0 Å². The summed E-state index contributed by atoms with van der Waals surface area (Å²) in [5.41, 5.74) is 0.542. The number of aromatic nitrogens is 2. The van der Waals surface area contributed by atoms with E-state index in [1.807, 2.05) is 38.1 Å². The molecule has 3 amide bonds. The van der Waals surface area contributed by atoms with Gasteiger partial charge in [-0.1, -0.05) is 6.42 Å².